The summed E-state index contributed by atoms with van der Waals surface area (Å²) >= 11 is 0. The summed E-state index contributed by atoms with van der Waals surface area (Å²) in [6.07, 6.45) is 4.21. The first-order chi connectivity index (χ1) is 10.2. The Balaban J connectivity index is 1.88. The summed E-state index contributed by atoms with van der Waals surface area (Å²) in [7, 11) is 0. The number of benzene rings is 1. The van der Waals surface area contributed by atoms with E-state index in [0.29, 0.717) is 6.42 Å². The van der Waals surface area contributed by atoms with E-state index in [1.54, 1.807) is 0 Å². The number of rotatable bonds is 6. The molecule has 4 nitrogen and oxygen atoms in total. The Morgan fingerprint density at radius 2 is 2.19 bits per heavy atom. The average molecular weight is 290 g/mol. The molecule has 2 rings (SSSR count). The molecule has 1 aromatic rings. The van der Waals surface area contributed by atoms with E-state index in [1.807, 2.05) is 35.2 Å². The maximum absolute atomic E-state index is 12.2. The van der Waals surface area contributed by atoms with Crippen LogP contribution in [0.25, 0.3) is 0 Å². The maximum atomic E-state index is 12.2. The Morgan fingerprint density at radius 3 is 2.90 bits per heavy atom. The molecule has 0 radical (unpaired) electrons. The van der Waals surface area contributed by atoms with Crippen LogP contribution < -0.4 is 5.32 Å². The number of aliphatic hydroxyl groups is 1. The first-order valence-electron chi connectivity index (χ1n) is 8.00. The Bertz CT molecular complexity index is 436. The van der Waals surface area contributed by atoms with Gasteiger partial charge in [0.15, 0.2) is 0 Å². The monoisotopic (exact) mass is 290 g/mol. The van der Waals surface area contributed by atoms with Crippen molar-refractivity contribution >= 4 is 6.03 Å². The van der Waals surface area contributed by atoms with E-state index in [2.05, 4.69) is 12.2 Å². The number of amides is 2. The van der Waals surface area contributed by atoms with E-state index >= 15 is 0 Å². The smallest absolute Gasteiger partial charge is 0.317 e. The highest BCUT2D eigenvalue weighted by molar-refractivity contribution is 5.74. The Kier molecular flexibility index (Phi) is 6.05. The number of carbonyl (C=O) groups excluding carboxylic acids is 1. The van der Waals surface area contributed by atoms with E-state index in [0.717, 1.165) is 44.3 Å². The molecule has 0 saturated carbocycles. The second kappa shape index (κ2) is 8.03. The minimum Gasteiger partial charge on any atom is -0.388 e. The Morgan fingerprint density at radius 1 is 1.43 bits per heavy atom. The van der Waals surface area contributed by atoms with Gasteiger partial charge < -0.3 is 15.3 Å². The molecular formula is C17H26N2O2. The fourth-order valence-corrected chi connectivity index (χ4v) is 2.89. The number of aliphatic hydroxyl groups excluding tert-OH is 1. The molecule has 2 amide bonds. The summed E-state index contributed by atoms with van der Waals surface area (Å²) in [4.78, 5) is 14.1. The third-order valence-corrected chi connectivity index (χ3v) is 4.12. The minimum atomic E-state index is -0.500. The van der Waals surface area contributed by atoms with Gasteiger partial charge in [-0.3, -0.25) is 0 Å². The molecule has 116 valence electrons. The van der Waals surface area contributed by atoms with E-state index in [-0.39, 0.29) is 12.1 Å². The highest BCUT2D eigenvalue weighted by Crippen LogP contribution is 2.27. The molecular weight excluding hydrogens is 264 g/mol. The number of urea groups is 1. The number of nitrogens with one attached hydrogen (secondary N) is 1. The van der Waals surface area contributed by atoms with Crippen molar-refractivity contribution in [3.63, 3.8) is 0 Å². The molecule has 21 heavy (non-hydrogen) atoms. The summed E-state index contributed by atoms with van der Waals surface area (Å²) < 4.78 is 0. The van der Waals surface area contributed by atoms with E-state index in [1.165, 1.54) is 0 Å². The summed E-state index contributed by atoms with van der Waals surface area (Å²) in [5.41, 5.74) is 0.927. The third kappa shape index (κ3) is 4.46. The zero-order valence-corrected chi connectivity index (χ0v) is 12.8. The lowest BCUT2D eigenvalue weighted by Crippen LogP contribution is -2.43. The third-order valence-electron chi connectivity index (χ3n) is 4.12. The van der Waals surface area contributed by atoms with Crippen LogP contribution in [-0.2, 0) is 0 Å². The van der Waals surface area contributed by atoms with Gasteiger partial charge in [-0.05, 0) is 31.2 Å². The van der Waals surface area contributed by atoms with Gasteiger partial charge in [-0.1, -0.05) is 43.7 Å². The lowest BCUT2D eigenvalue weighted by molar-refractivity contribution is 0.126. The number of likely N-dealkylation sites (tertiary alicyclic amines) is 1. The van der Waals surface area contributed by atoms with Gasteiger partial charge in [0.2, 0.25) is 0 Å². The predicted molar refractivity (Wildman–Crippen MR) is 84.1 cm³/mol. The van der Waals surface area contributed by atoms with Crippen LogP contribution in [0.2, 0.25) is 0 Å². The van der Waals surface area contributed by atoms with Crippen LogP contribution in [0.1, 0.15) is 50.7 Å². The lowest BCUT2D eigenvalue weighted by atomic mass is 10.0. The van der Waals surface area contributed by atoms with Gasteiger partial charge in [-0.25, -0.2) is 4.79 Å². The molecule has 1 aromatic carbocycles. The van der Waals surface area contributed by atoms with Crippen LogP contribution in [0.5, 0.6) is 0 Å². The van der Waals surface area contributed by atoms with Crippen LogP contribution in [0, 0.1) is 0 Å². The normalized spacial score (nSPS) is 19.5. The molecule has 1 aliphatic rings. The summed E-state index contributed by atoms with van der Waals surface area (Å²) in [6.45, 7) is 3.64. The van der Waals surface area contributed by atoms with Crippen molar-refractivity contribution in [2.75, 3.05) is 13.1 Å². The summed E-state index contributed by atoms with van der Waals surface area (Å²) in [6, 6.07) is 9.84. The molecule has 0 unspecified atom stereocenters. The van der Waals surface area contributed by atoms with Crippen molar-refractivity contribution in [3.05, 3.63) is 35.9 Å². The average Bonchev–Trinajstić information content (AvgIpc) is 2.96. The van der Waals surface area contributed by atoms with Gasteiger partial charge in [-0.15, -0.1) is 0 Å². The minimum absolute atomic E-state index is 0.0196. The molecule has 0 bridgehead atoms. The summed E-state index contributed by atoms with van der Waals surface area (Å²) in [5.74, 6) is 0. The van der Waals surface area contributed by atoms with Crippen LogP contribution in [0.4, 0.5) is 4.79 Å². The zero-order valence-electron chi connectivity index (χ0n) is 12.8. The fourth-order valence-electron chi connectivity index (χ4n) is 2.89. The van der Waals surface area contributed by atoms with Crippen molar-refractivity contribution in [2.45, 2.75) is 51.2 Å². The second-order valence-electron chi connectivity index (χ2n) is 5.74. The van der Waals surface area contributed by atoms with Crippen LogP contribution in [-0.4, -0.2) is 35.2 Å². The zero-order chi connectivity index (χ0) is 15.1. The van der Waals surface area contributed by atoms with Crippen LogP contribution in [0.3, 0.4) is 0 Å². The number of nitrogens with zero attached hydrogens (tertiary/aromatic N) is 1. The van der Waals surface area contributed by atoms with Gasteiger partial charge >= 0.3 is 6.03 Å². The standard InChI is InChI=1S/C17H26N2O2/c1-2-3-11-18-17(21)19-12-7-10-15(19)13-16(20)14-8-5-4-6-9-14/h4-6,8-9,15-16,20H,2-3,7,10-13H2,1H3,(H,18,21)/t15-,16-/m1/s1. The number of carbonyl (C=O) groups is 1. The van der Waals surface area contributed by atoms with E-state index in [4.69, 9.17) is 0 Å². The number of hydrogen-bond donors (Lipinski definition) is 2. The molecule has 4 heteroatoms. The molecule has 0 aliphatic carbocycles. The summed E-state index contributed by atoms with van der Waals surface area (Å²) in [5, 5.41) is 13.3. The predicted octanol–water partition coefficient (Wildman–Crippen LogP) is 3.08. The van der Waals surface area contributed by atoms with Crippen molar-refractivity contribution in [3.8, 4) is 0 Å². The quantitative estimate of drug-likeness (QED) is 0.791. The SMILES string of the molecule is CCCCNC(=O)N1CCC[C@@H]1C[C@@H](O)c1ccccc1. The van der Waals surface area contributed by atoms with Crippen molar-refractivity contribution in [1.82, 2.24) is 10.2 Å². The topological polar surface area (TPSA) is 52.6 Å². The van der Waals surface area contributed by atoms with Gasteiger partial charge in [0.25, 0.3) is 0 Å². The van der Waals surface area contributed by atoms with Crippen LogP contribution >= 0.6 is 0 Å². The molecule has 2 N–H and O–H groups in total. The molecule has 1 heterocycles. The van der Waals surface area contributed by atoms with Gasteiger partial charge in [-0.2, -0.15) is 0 Å². The molecule has 0 spiro atoms. The van der Waals surface area contributed by atoms with Crippen LogP contribution in [0.15, 0.2) is 30.3 Å². The number of unbranched alkanes of at least 4 members (excludes halogenated alkanes) is 1. The molecule has 1 fully saturated rings. The first-order valence-corrected chi connectivity index (χ1v) is 8.00. The number of hydrogen-bond acceptors (Lipinski definition) is 2. The first kappa shape index (κ1) is 15.8. The van der Waals surface area contributed by atoms with E-state index < -0.39 is 6.10 Å². The fraction of sp³-hybridized carbons (Fsp3) is 0.588. The van der Waals surface area contributed by atoms with Gasteiger partial charge in [0.05, 0.1) is 6.10 Å². The highest BCUT2D eigenvalue weighted by atomic mass is 16.3. The lowest BCUT2D eigenvalue weighted by Gasteiger charge is -2.27. The Labute approximate surface area is 127 Å². The van der Waals surface area contributed by atoms with Crippen molar-refractivity contribution in [1.29, 1.82) is 0 Å². The van der Waals surface area contributed by atoms with E-state index in [9.17, 15) is 9.90 Å². The Hall–Kier alpha value is -1.55. The molecule has 1 saturated heterocycles. The molecule has 0 aromatic heterocycles. The van der Waals surface area contributed by atoms with Gasteiger partial charge in [0.1, 0.15) is 0 Å². The highest BCUT2D eigenvalue weighted by Gasteiger charge is 2.30. The molecule has 1 aliphatic heterocycles. The second-order valence-corrected chi connectivity index (χ2v) is 5.74. The van der Waals surface area contributed by atoms with Gasteiger partial charge in [0, 0.05) is 19.1 Å². The van der Waals surface area contributed by atoms with Crippen molar-refractivity contribution in [2.24, 2.45) is 0 Å². The molecule has 2 atom stereocenters. The maximum Gasteiger partial charge on any atom is 0.317 e. The van der Waals surface area contributed by atoms with Crippen molar-refractivity contribution < 1.29 is 9.90 Å². The largest absolute Gasteiger partial charge is 0.388 e.